The van der Waals surface area contributed by atoms with Crippen molar-refractivity contribution in [1.82, 2.24) is 19.6 Å². The molecule has 0 bridgehead atoms. The molecule has 18 heavy (non-hydrogen) atoms. The standard InChI is InChI=1S/C12H16N4O2/c1-2-11(17)10-9-16(14-13-10)8-7-15-6-4-3-5-12(15)18/h3-6,9,11,17H,2,7-8H2,1H3. The summed E-state index contributed by atoms with van der Waals surface area (Å²) in [6.07, 6.45) is 3.48. The minimum atomic E-state index is -0.571. The van der Waals surface area contributed by atoms with Crippen molar-refractivity contribution in [2.24, 2.45) is 0 Å². The predicted molar refractivity (Wildman–Crippen MR) is 66.0 cm³/mol. The fourth-order valence-corrected chi connectivity index (χ4v) is 1.64. The average Bonchev–Trinajstić information content (AvgIpc) is 2.86. The number of aryl methyl sites for hydroxylation is 2. The second-order valence-electron chi connectivity index (χ2n) is 4.06. The van der Waals surface area contributed by atoms with Crippen molar-refractivity contribution >= 4 is 0 Å². The first-order chi connectivity index (χ1) is 8.70. The quantitative estimate of drug-likeness (QED) is 0.840. The van der Waals surface area contributed by atoms with Crippen LogP contribution in [0, 0.1) is 0 Å². The van der Waals surface area contributed by atoms with Gasteiger partial charge in [0.25, 0.3) is 5.56 Å². The van der Waals surface area contributed by atoms with Crippen LogP contribution in [0.3, 0.4) is 0 Å². The number of hydrogen-bond donors (Lipinski definition) is 1. The second kappa shape index (κ2) is 5.59. The number of nitrogens with zero attached hydrogens (tertiary/aromatic N) is 4. The van der Waals surface area contributed by atoms with Gasteiger partial charge in [0.2, 0.25) is 0 Å². The zero-order valence-electron chi connectivity index (χ0n) is 10.2. The third kappa shape index (κ3) is 2.84. The van der Waals surface area contributed by atoms with Gasteiger partial charge in [0, 0.05) is 18.8 Å². The smallest absolute Gasteiger partial charge is 0.250 e. The van der Waals surface area contributed by atoms with Crippen LogP contribution in [0.15, 0.2) is 35.4 Å². The predicted octanol–water partition coefficient (Wildman–Crippen LogP) is 0.583. The van der Waals surface area contributed by atoms with E-state index in [0.29, 0.717) is 25.2 Å². The number of rotatable bonds is 5. The van der Waals surface area contributed by atoms with E-state index in [1.807, 2.05) is 13.0 Å². The summed E-state index contributed by atoms with van der Waals surface area (Å²) < 4.78 is 3.24. The zero-order valence-corrected chi connectivity index (χ0v) is 10.2. The van der Waals surface area contributed by atoms with Crippen molar-refractivity contribution < 1.29 is 5.11 Å². The Hall–Kier alpha value is -1.95. The molecule has 0 aliphatic heterocycles. The lowest BCUT2D eigenvalue weighted by molar-refractivity contribution is 0.168. The first-order valence-corrected chi connectivity index (χ1v) is 5.94. The molecule has 0 amide bonds. The number of aromatic nitrogens is 4. The first kappa shape index (κ1) is 12.5. The molecule has 0 fully saturated rings. The summed E-state index contributed by atoms with van der Waals surface area (Å²) in [4.78, 5) is 11.5. The molecular weight excluding hydrogens is 232 g/mol. The number of aliphatic hydroxyl groups excluding tert-OH is 1. The summed E-state index contributed by atoms with van der Waals surface area (Å²) in [5, 5.41) is 17.4. The summed E-state index contributed by atoms with van der Waals surface area (Å²) in [5.41, 5.74) is 0.532. The van der Waals surface area contributed by atoms with Gasteiger partial charge in [-0.25, -0.2) is 0 Å². The number of pyridine rings is 1. The molecule has 2 aromatic heterocycles. The van der Waals surface area contributed by atoms with Crippen molar-refractivity contribution in [2.75, 3.05) is 0 Å². The molecule has 2 heterocycles. The Morgan fingerprint density at radius 3 is 2.94 bits per heavy atom. The van der Waals surface area contributed by atoms with E-state index in [1.165, 1.54) is 6.07 Å². The first-order valence-electron chi connectivity index (χ1n) is 5.94. The largest absolute Gasteiger partial charge is 0.387 e. The number of hydrogen-bond acceptors (Lipinski definition) is 4. The van der Waals surface area contributed by atoms with E-state index < -0.39 is 6.10 Å². The third-order valence-corrected chi connectivity index (χ3v) is 2.75. The van der Waals surface area contributed by atoms with Gasteiger partial charge >= 0.3 is 0 Å². The van der Waals surface area contributed by atoms with Crippen LogP contribution in [0.4, 0.5) is 0 Å². The Kier molecular flexibility index (Phi) is 3.88. The molecule has 2 aromatic rings. The van der Waals surface area contributed by atoms with Gasteiger partial charge in [0.1, 0.15) is 5.69 Å². The van der Waals surface area contributed by atoms with E-state index in [4.69, 9.17) is 0 Å². The molecular formula is C12H16N4O2. The molecule has 1 atom stereocenters. The van der Waals surface area contributed by atoms with Crippen LogP contribution in [-0.2, 0) is 13.1 Å². The topological polar surface area (TPSA) is 72.9 Å². The summed E-state index contributed by atoms with van der Waals surface area (Å²) >= 11 is 0. The third-order valence-electron chi connectivity index (χ3n) is 2.75. The van der Waals surface area contributed by atoms with Gasteiger partial charge in [-0.15, -0.1) is 5.10 Å². The highest BCUT2D eigenvalue weighted by atomic mass is 16.3. The Morgan fingerprint density at radius 1 is 1.39 bits per heavy atom. The Morgan fingerprint density at radius 2 is 2.22 bits per heavy atom. The van der Waals surface area contributed by atoms with E-state index >= 15 is 0 Å². The van der Waals surface area contributed by atoms with Crippen LogP contribution in [0.2, 0.25) is 0 Å². The molecule has 0 radical (unpaired) electrons. The Bertz CT molecular complexity index is 561. The minimum absolute atomic E-state index is 0.0357. The van der Waals surface area contributed by atoms with Gasteiger partial charge < -0.3 is 9.67 Å². The van der Waals surface area contributed by atoms with Gasteiger partial charge in [0.05, 0.1) is 18.8 Å². The number of aliphatic hydroxyl groups is 1. The lowest BCUT2D eigenvalue weighted by atomic mass is 10.2. The summed E-state index contributed by atoms with van der Waals surface area (Å²) in [6.45, 7) is 2.96. The monoisotopic (exact) mass is 248 g/mol. The summed E-state index contributed by atoms with van der Waals surface area (Å²) in [7, 11) is 0. The van der Waals surface area contributed by atoms with Gasteiger partial charge in [-0.05, 0) is 12.5 Å². The van der Waals surface area contributed by atoms with Crippen LogP contribution in [0.25, 0.3) is 0 Å². The maximum atomic E-state index is 11.5. The molecule has 1 unspecified atom stereocenters. The summed E-state index contributed by atoms with van der Waals surface area (Å²) in [5.74, 6) is 0. The van der Waals surface area contributed by atoms with E-state index in [-0.39, 0.29) is 5.56 Å². The van der Waals surface area contributed by atoms with Crippen molar-refractivity contribution in [3.05, 3.63) is 46.6 Å². The molecule has 96 valence electrons. The van der Waals surface area contributed by atoms with E-state index in [2.05, 4.69) is 10.3 Å². The van der Waals surface area contributed by atoms with Gasteiger partial charge in [0.15, 0.2) is 0 Å². The van der Waals surface area contributed by atoms with Crippen molar-refractivity contribution in [3.63, 3.8) is 0 Å². The van der Waals surface area contributed by atoms with Crippen molar-refractivity contribution in [1.29, 1.82) is 0 Å². The molecule has 0 aliphatic rings. The van der Waals surface area contributed by atoms with E-state index in [1.54, 1.807) is 27.7 Å². The molecule has 0 saturated carbocycles. The van der Waals surface area contributed by atoms with Crippen LogP contribution in [-0.4, -0.2) is 24.7 Å². The molecule has 0 aromatic carbocycles. The normalized spacial score (nSPS) is 12.6. The Labute approximate surface area is 104 Å². The molecule has 2 rings (SSSR count). The average molecular weight is 248 g/mol. The lowest BCUT2D eigenvalue weighted by Gasteiger charge is -2.04. The maximum Gasteiger partial charge on any atom is 0.250 e. The van der Waals surface area contributed by atoms with Crippen LogP contribution in [0.1, 0.15) is 25.1 Å². The molecule has 6 heteroatoms. The fraction of sp³-hybridized carbons (Fsp3) is 0.417. The molecule has 1 N–H and O–H groups in total. The highest BCUT2D eigenvalue weighted by molar-refractivity contribution is 4.97. The van der Waals surface area contributed by atoms with Gasteiger partial charge in [-0.1, -0.05) is 18.2 Å². The SMILES string of the molecule is CCC(O)c1cn(CCn2ccccc2=O)nn1. The van der Waals surface area contributed by atoms with E-state index in [9.17, 15) is 9.90 Å². The Balaban J connectivity index is 2.01. The molecule has 6 nitrogen and oxygen atoms in total. The maximum absolute atomic E-state index is 11.5. The minimum Gasteiger partial charge on any atom is -0.387 e. The van der Waals surface area contributed by atoms with Gasteiger partial charge in [-0.2, -0.15) is 0 Å². The van der Waals surface area contributed by atoms with Crippen LogP contribution < -0.4 is 5.56 Å². The van der Waals surface area contributed by atoms with Gasteiger partial charge in [-0.3, -0.25) is 9.48 Å². The molecule has 0 aliphatic carbocycles. The van der Waals surface area contributed by atoms with Crippen molar-refractivity contribution in [3.8, 4) is 0 Å². The second-order valence-corrected chi connectivity index (χ2v) is 4.06. The van der Waals surface area contributed by atoms with Crippen LogP contribution >= 0.6 is 0 Å². The zero-order chi connectivity index (χ0) is 13.0. The summed E-state index contributed by atoms with van der Waals surface area (Å²) in [6, 6.07) is 5.05. The molecule has 0 spiro atoms. The van der Waals surface area contributed by atoms with Crippen LogP contribution in [0.5, 0.6) is 0 Å². The fourth-order valence-electron chi connectivity index (χ4n) is 1.64. The highest BCUT2D eigenvalue weighted by Crippen LogP contribution is 2.11. The molecule has 0 saturated heterocycles. The van der Waals surface area contributed by atoms with E-state index in [0.717, 1.165) is 0 Å². The van der Waals surface area contributed by atoms with Crippen molar-refractivity contribution in [2.45, 2.75) is 32.5 Å². The lowest BCUT2D eigenvalue weighted by Crippen LogP contribution is -2.20. The highest BCUT2D eigenvalue weighted by Gasteiger charge is 2.09.